The van der Waals surface area contributed by atoms with Gasteiger partial charge in [-0.15, -0.1) is 0 Å². The number of hydrogen-bond donors (Lipinski definition) is 1. The summed E-state index contributed by atoms with van der Waals surface area (Å²) in [6, 6.07) is 7.99. The molecule has 0 fully saturated rings. The number of benzene rings is 1. The van der Waals surface area contributed by atoms with E-state index in [1.807, 2.05) is 18.2 Å². The Morgan fingerprint density at radius 3 is 2.31 bits per heavy atom. The number of nitrogens with zero attached hydrogens (tertiary/aromatic N) is 2. The standard InChI is InChI=1S/C21H33N3O2.C3H8/c1-6-7-10-16(4)13-21(19(25)24(5)20(22)23-21)14-26-18-12-9-8-11-17(18)15(2)3;1-3-2/h8-9,11-12,15-16H,6-7,10,13-14H2,1-5H3,(H2,22,23);3H2,1-2H3. The molecule has 1 aromatic carbocycles. The van der Waals surface area contributed by atoms with E-state index in [1.165, 1.54) is 11.3 Å². The Bertz CT molecular complexity index is 672. The normalized spacial score (nSPS) is 19.7. The summed E-state index contributed by atoms with van der Waals surface area (Å²) < 4.78 is 6.15. The van der Waals surface area contributed by atoms with Gasteiger partial charge in [0.05, 0.1) is 0 Å². The first-order chi connectivity index (χ1) is 13.7. The van der Waals surface area contributed by atoms with E-state index >= 15 is 0 Å². The molecule has 2 unspecified atom stereocenters. The third-order valence-corrected chi connectivity index (χ3v) is 5.12. The minimum atomic E-state index is -0.921. The Balaban J connectivity index is 0.00000132. The van der Waals surface area contributed by atoms with Crippen LogP contribution in [-0.2, 0) is 4.79 Å². The van der Waals surface area contributed by atoms with Crippen molar-refractivity contribution in [2.75, 3.05) is 13.7 Å². The highest BCUT2D eigenvalue weighted by Crippen LogP contribution is 2.33. The van der Waals surface area contributed by atoms with E-state index in [0.717, 1.165) is 30.6 Å². The highest BCUT2D eigenvalue weighted by molar-refractivity contribution is 6.06. The van der Waals surface area contributed by atoms with Crippen LogP contribution in [0.25, 0.3) is 0 Å². The minimum absolute atomic E-state index is 0.0691. The summed E-state index contributed by atoms with van der Waals surface area (Å²) in [5.74, 6) is 1.75. The smallest absolute Gasteiger partial charge is 0.260 e. The van der Waals surface area contributed by atoms with Crippen LogP contribution in [0.15, 0.2) is 29.3 Å². The number of unbranched alkanes of at least 4 members (excludes halogenated alkanes) is 1. The second kappa shape index (κ2) is 11.8. The number of ether oxygens (including phenoxy) is 1. The molecule has 0 aliphatic carbocycles. The van der Waals surface area contributed by atoms with Crippen LogP contribution < -0.4 is 10.5 Å². The molecule has 5 heteroatoms. The molecule has 2 atom stereocenters. The molecular weight excluding hydrogens is 362 g/mol. The number of guanidine groups is 1. The average molecular weight is 404 g/mol. The van der Waals surface area contributed by atoms with Crippen molar-refractivity contribution < 1.29 is 9.53 Å². The molecule has 164 valence electrons. The summed E-state index contributed by atoms with van der Waals surface area (Å²) in [4.78, 5) is 19.0. The molecule has 1 aliphatic heterocycles. The maximum atomic E-state index is 12.9. The van der Waals surface area contributed by atoms with Crippen molar-refractivity contribution in [2.24, 2.45) is 16.6 Å². The summed E-state index contributed by atoms with van der Waals surface area (Å²) in [6.45, 7) is 13.1. The third kappa shape index (κ3) is 6.76. The van der Waals surface area contributed by atoms with Crippen molar-refractivity contribution in [1.29, 1.82) is 0 Å². The molecule has 29 heavy (non-hydrogen) atoms. The Morgan fingerprint density at radius 2 is 1.79 bits per heavy atom. The zero-order valence-electron chi connectivity index (χ0n) is 19.5. The zero-order chi connectivity index (χ0) is 22.0. The minimum Gasteiger partial charge on any atom is -0.490 e. The number of carbonyl (C=O) groups is 1. The fourth-order valence-corrected chi connectivity index (χ4v) is 3.56. The van der Waals surface area contributed by atoms with E-state index in [-0.39, 0.29) is 18.5 Å². The predicted molar refractivity (Wildman–Crippen MR) is 122 cm³/mol. The second-order valence-electron chi connectivity index (χ2n) is 8.51. The number of aliphatic imine (C=N–C) groups is 1. The van der Waals surface area contributed by atoms with Gasteiger partial charge in [0.25, 0.3) is 5.91 Å². The van der Waals surface area contributed by atoms with Gasteiger partial charge in [0.1, 0.15) is 12.4 Å². The molecule has 0 spiro atoms. The van der Waals surface area contributed by atoms with E-state index in [2.05, 4.69) is 52.6 Å². The van der Waals surface area contributed by atoms with Gasteiger partial charge in [-0.25, -0.2) is 4.99 Å². The first-order valence-electron chi connectivity index (χ1n) is 11.1. The molecule has 0 aromatic heterocycles. The van der Waals surface area contributed by atoms with Crippen molar-refractivity contribution in [3.8, 4) is 5.75 Å². The molecule has 2 N–H and O–H groups in total. The van der Waals surface area contributed by atoms with Crippen molar-refractivity contribution in [2.45, 2.75) is 85.1 Å². The largest absolute Gasteiger partial charge is 0.490 e. The topological polar surface area (TPSA) is 67.9 Å². The number of amides is 1. The van der Waals surface area contributed by atoms with Gasteiger partial charge in [-0.1, -0.05) is 85.4 Å². The van der Waals surface area contributed by atoms with Gasteiger partial charge in [0, 0.05) is 7.05 Å². The molecule has 2 rings (SSSR count). The number of rotatable bonds is 9. The molecule has 0 saturated heterocycles. The van der Waals surface area contributed by atoms with Crippen molar-refractivity contribution in [1.82, 2.24) is 4.90 Å². The Morgan fingerprint density at radius 1 is 1.17 bits per heavy atom. The quantitative estimate of drug-likeness (QED) is 0.604. The molecule has 0 bridgehead atoms. The van der Waals surface area contributed by atoms with Crippen LogP contribution in [0.2, 0.25) is 0 Å². The van der Waals surface area contributed by atoms with Gasteiger partial charge in [-0.3, -0.25) is 9.69 Å². The first-order valence-corrected chi connectivity index (χ1v) is 11.1. The first kappa shape index (κ1) is 25.0. The Kier molecular flexibility index (Phi) is 10.2. The molecule has 1 amide bonds. The van der Waals surface area contributed by atoms with Crippen molar-refractivity contribution >= 4 is 11.9 Å². The highest BCUT2D eigenvalue weighted by atomic mass is 16.5. The summed E-state index contributed by atoms with van der Waals surface area (Å²) >= 11 is 0. The summed E-state index contributed by atoms with van der Waals surface area (Å²) in [5, 5.41) is 0. The molecule has 0 saturated carbocycles. The number of para-hydroxylation sites is 1. The highest BCUT2D eigenvalue weighted by Gasteiger charge is 2.48. The fraction of sp³-hybridized carbons (Fsp3) is 0.667. The van der Waals surface area contributed by atoms with E-state index in [1.54, 1.807) is 7.05 Å². The van der Waals surface area contributed by atoms with Crippen LogP contribution in [0, 0.1) is 5.92 Å². The lowest BCUT2D eigenvalue weighted by Crippen LogP contribution is -2.46. The van der Waals surface area contributed by atoms with Gasteiger partial charge in [0.2, 0.25) is 0 Å². The van der Waals surface area contributed by atoms with Crippen LogP contribution in [0.1, 0.15) is 85.1 Å². The number of carbonyl (C=O) groups excluding carboxylic acids is 1. The van der Waals surface area contributed by atoms with E-state index in [0.29, 0.717) is 18.3 Å². The molecule has 0 radical (unpaired) electrons. The van der Waals surface area contributed by atoms with Crippen molar-refractivity contribution in [3.63, 3.8) is 0 Å². The molecule has 1 heterocycles. The average Bonchev–Trinajstić information content (AvgIpc) is 2.89. The van der Waals surface area contributed by atoms with Crippen LogP contribution in [0.4, 0.5) is 0 Å². The van der Waals surface area contributed by atoms with Crippen molar-refractivity contribution in [3.05, 3.63) is 29.8 Å². The van der Waals surface area contributed by atoms with Gasteiger partial charge < -0.3 is 10.5 Å². The number of nitrogens with two attached hydrogens (primary N) is 1. The Labute approximate surface area is 177 Å². The molecule has 5 nitrogen and oxygen atoms in total. The summed E-state index contributed by atoms with van der Waals surface area (Å²) in [5.41, 5.74) is 6.18. The number of hydrogen-bond acceptors (Lipinski definition) is 4. The van der Waals surface area contributed by atoms with E-state index < -0.39 is 5.54 Å². The predicted octanol–water partition coefficient (Wildman–Crippen LogP) is 5.35. The van der Waals surface area contributed by atoms with Gasteiger partial charge >= 0.3 is 0 Å². The van der Waals surface area contributed by atoms with E-state index in [9.17, 15) is 4.79 Å². The fourth-order valence-electron chi connectivity index (χ4n) is 3.56. The maximum absolute atomic E-state index is 12.9. The monoisotopic (exact) mass is 403 g/mol. The van der Waals surface area contributed by atoms with Gasteiger partial charge in [0.15, 0.2) is 11.5 Å². The lowest BCUT2D eigenvalue weighted by atomic mass is 9.86. The Hall–Kier alpha value is -2.04. The van der Waals surface area contributed by atoms with Gasteiger partial charge in [-0.2, -0.15) is 0 Å². The maximum Gasteiger partial charge on any atom is 0.260 e. The van der Waals surface area contributed by atoms with Crippen LogP contribution >= 0.6 is 0 Å². The third-order valence-electron chi connectivity index (χ3n) is 5.12. The second-order valence-corrected chi connectivity index (χ2v) is 8.51. The SMILES string of the molecule is CCC.CCCCC(C)CC1(COc2ccccc2C(C)C)N=C(N)N(C)C1=O. The van der Waals surface area contributed by atoms with Gasteiger partial charge in [-0.05, 0) is 29.9 Å². The summed E-state index contributed by atoms with van der Waals surface area (Å²) in [7, 11) is 1.68. The van der Waals surface area contributed by atoms with Crippen LogP contribution in [-0.4, -0.2) is 36.0 Å². The molecule has 1 aliphatic rings. The van der Waals surface area contributed by atoms with E-state index in [4.69, 9.17) is 10.5 Å². The lowest BCUT2D eigenvalue weighted by molar-refractivity contribution is -0.132. The van der Waals surface area contributed by atoms with Crippen LogP contribution in [0.3, 0.4) is 0 Å². The van der Waals surface area contributed by atoms with Crippen LogP contribution in [0.5, 0.6) is 5.75 Å². The summed E-state index contributed by atoms with van der Waals surface area (Å²) in [6.07, 6.45) is 5.28. The lowest BCUT2D eigenvalue weighted by Gasteiger charge is -2.28. The molecule has 1 aromatic rings. The number of likely N-dealkylation sites (N-methyl/N-ethyl adjacent to an activating group) is 1. The zero-order valence-corrected chi connectivity index (χ0v) is 19.5. The molecular formula is C24H41N3O2.